The molecule has 1 saturated carbocycles. The van der Waals surface area contributed by atoms with Gasteiger partial charge in [-0.25, -0.2) is 0 Å². The average Bonchev–Trinajstić information content (AvgIpc) is 2.72. The van der Waals surface area contributed by atoms with Crippen molar-refractivity contribution in [3.8, 4) is 0 Å². The van der Waals surface area contributed by atoms with Crippen LogP contribution < -0.4 is 5.73 Å². The maximum absolute atomic E-state index is 6.62. The second kappa shape index (κ2) is 6.01. The fourth-order valence-electron chi connectivity index (χ4n) is 2.84. The highest BCUT2D eigenvalue weighted by Crippen LogP contribution is 2.30. The first-order valence-corrected chi connectivity index (χ1v) is 7.90. The maximum Gasteiger partial charge on any atom is 0.0203 e. The van der Waals surface area contributed by atoms with Crippen molar-refractivity contribution in [3.05, 3.63) is 21.9 Å². The fourth-order valence-corrected chi connectivity index (χ4v) is 3.95. The highest BCUT2D eigenvalue weighted by Gasteiger charge is 2.26. The summed E-state index contributed by atoms with van der Waals surface area (Å²) in [6.07, 6.45) is 11.5. The summed E-state index contributed by atoms with van der Waals surface area (Å²) >= 11 is 1.96. The molecule has 96 valence electrons. The van der Waals surface area contributed by atoms with Gasteiger partial charge in [-0.05, 0) is 37.8 Å². The van der Waals surface area contributed by atoms with Gasteiger partial charge in [-0.1, -0.05) is 39.0 Å². The summed E-state index contributed by atoms with van der Waals surface area (Å²) in [5, 5.41) is 0. The Kier molecular flexibility index (Phi) is 4.63. The monoisotopic (exact) mass is 251 g/mol. The van der Waals surface area contributed by atoms with Gasteiger partial charge in [0.1, 0.15) is 0 Å². The van der Waals surface area contributed by atoms with E-state index in [1.165, 1.54) is 54.7 Å². The van der Waals surface area contributed by atoms with Crippen molar-refractivity contribution in [1.29, 1.82) is 0 Å². The third-order valence-electron chi connectivity index (χ3n) is 3.94. The summed E-state index contributed by atoms with van der Waals surface area (Å²) in [5.41, 5.74) is 6.70. The largest absolute Gasteiger partial charge is 0.325 e. The molecule has 0 saturated heterocycles. The molecule has 1 fully saturated rings. The molecule has 2 N–H and O–H groups in total. The van der Waals surface area contributed by atoms with Gasteiger partial charge < -0.3 is 5.73 Å². The molecule has 0 aliphatic heterocycles. The molecule has 2 rings (SSSR count). The molecule has 1 aromatic rings. The molecule has 17 heavy (non-hydrogen) atoms. The SMILES string of the molecule is CCc1ccc(CC2(N)CCCCCCC2)s1. The van der Waals surface area contributed by atoms with Crippen molar-refractivity contribution in [3.63, 3.8) is 0 Å². The van der Waals surface area contributed by atoms with Gasteiger partial charge in [0.2, 0.25) is 0 Å². The quantitative estimate of drug-likeness (QED) is 0.852. The minimum Gasteiger partial charge on any atom is -0.325 e. The Balaban J connectivity index is 1.98. The predicted molar refractivity (Wildman–Crippen MR) is 76.6 cm³/mol. The minimum atomic E-state index is 0.0796. The zero-order valence-corrected chi connectivity index (χ0v) is 11.8. The molecule has 0 radical (unpaired) electrons. The van der Waals surface area contributed by atoms with Crippen LogP contribution in [0, 0.1) is 0 Å². The van der Waals surface area contributed by atoms with Gasteiger partial charge in [0.25, 0.3) is 0 Å². The van der Waals surface area contributed by atoms with E-state index in [0.29, 0.717) is 0 Å². The fraction of sp³-hybridized carbons (Fsp3) is 0.733. The van der Waals surface area contributed by atoms with Crippen LogP contribution in [0.15, 0.2) is 12.1 Å². The van der Waals surface area contributed by atoms with Gasteiger partial charge in [-0.3, -0.25) is 0 Å². The van der Waals surface area contributed by atoms with Crippen LogP contribution in [0.2, 0.25) is 0 Å². The zero-order valence-electron chi connectivity index (χ0n) is 11.0. The highest BCUT2D eigenvalue weighted by molar-refractivity contribution is 7.12. The van der Waals surface area contributed by atoms with E-state index < -0.39 is 0 Å². The minimum absolute atomic E-state index is 0.0796. The van der Waals surface area contributed by atoms with E-state index in [2.05, 4.69) is 19.1 Å². The first-order chi connectivity index (χ1) is 8.22. The van der Waals surface area contributed by atoms with Crippen LogP contribution in [-0.2, 0) is 12.8 Å². The summed E-state index contributed by atoms with van der Waals surface area (Å²) in [6, 6.07) is 4.56. The van der Waals surface area contributed by atoms with E-state index in [0.717, 1.165) is 12.8 Å². The summed E-state index contributed by atoms with van der Waals surface area (Å²) in [4.78, 5) is 2.99. The Hall–Kier alpha value is -0.340. The first kappa shape index (κ1) is 13.1. The van der Waals surface area contributed by atoms with Gasteiger partial charge in [-0.15, -0.1) is 11.3 Å². The Morgan fingerprint density at radius 2 is 1.65 bits per heavy atom. The van der Waals surface area contributed by atoms with Crippen molar-refractivity contribution in [2.45, 2.75) is 70.3 Å². The highest BCUT2D eigenvalue weighted by atomic mass is 32.1. The topological polar surface area (TPSA) is 26.0 Å². The molecule has 1 heterocycles. The smallest absolute Gasteiger partial charge is 0.0203 e. The van der Waals surface area contributed by atoms with Crippen molar-refractivity contribution in [2.24, 2.45) is 5.73 Å². The number of thiophene rings is 1. The summed E-state index contributed by atoms with van der Waals surface area (Å²) in [5.74, 6) is 0. The number of hydrogen-bond donors (Lipinski definition) is 1. The average molecular weight is 251 g/mol. The molecule has 0 spiro atoms. The summed E-state index contributed by atoms with van der Waals surface area (Å²) in [6.45, 7) is 2.23. The lowest BCUT2D eigenvalue weighted by Gasteiger charge is -2.31. The molecule has 0 amide bonds. The summed E-state index contributed by atoms with van der Waals surface area (Å²) in [7, 11) is 0. The van der Waals surface area contributed by atoms with Crippen molar-refractivity contribution >= 4 is 11.3 Å². The molecule has 0 atom stereocenters. The van der Waals surface area contributed by atoms with Crippen LogP contribution in [-0.4, -0.2) is 5.54 Å². The molecular weight excluding hydrogens is 226 g/mol. The third-order valence-corrected chi connectivity index (χ3v) is 5.17. The molecule has 1 aliphatic carbocycles. The molecular formula is C15H25NS. The van der Waals surface area contributed by atoms with Crippen molar-refractivity contribution < 1.29 is 0 Å². The van der Waals surface area contributed by atoms with E-state index in [9.17, 15) is 0 Å². The van der Waals surface area contributed by atoms with Crippen LogP contribution in [0.3, 0.4) is 0 Å². The second-order valence-corrected chi connectivity index (χ2v) is 6.78. The summed E-state index contributed by atoms with van der Waals surface area (Å²) < 4.78 is 0. The standard InChI is InChI=1S/C15H25NS/c1-2-13-8-9-14(17-13)12-15(16)10-6-4-3-5-7-11-15/h8-9H,2-7,10-12,16H2,1H3. The van der Waals surface area contributed by atoms with E-state index >= 15 is 0 Å². The van der Waals surface area contributed by atoms with Crippen molar-refractivity contribution in [1.82, 2.24) is 0 Å². The van der Waals surface area contributed by atoms with Crippen LogP contribution in [0.1, 0.15) is 61.6 Å². The van der Waals surface area contributed by atoms with Crippen LogP contribution in [0.5, 0.6) is 0 Å². The van der Waals surface area contributed by atoms with E-state index in [1.807, 2.05) is 11.3 Å². The van der Waals surface area contributed by atoms with E-state index in [1.54, 1.807) is 0 Å². The number of rotatable bonds is 3. The molecule has 0 bridgehead atoms. The lowest BCUT2D eigenvalue weighted by molar-refractivity contribution is 0.316. The van der Waals surface area contributed by atoms with Gasteiger partial charge in [0, 0.05) is 15.3 Å². The maximum atomic E-state index is 6.62. The number of nitrogens with two attached hydrogens (primary N) is 1. The lowest BCUT2D eigenvalue weighted by Crippen LogP contribution is -2.42. The van der Waals surface area contributed by atoms with Crippen LogP contribution >= 0.6 is 11.3 Å². The van der Waals surface area contributed by atoms with Gasteiger partial charge in [0.05, 0.1) is 0 Å². The Bertz CT molecular complexity index is 334. The van der Waals surface area contributed by atoms with Gasteiger partial charge in [0.15, 0.2) is 0 Å². The molecule has 1 aliphatic rings. The molecule has 0 aromatic carbocycles. The first-order valence-electron chi connectivity index (χ1n) is 7.08. The molecule has 0 unspecified atom stereocenters. The molecule has 2 heteroatoms. The number of aryl methyl sites for hydroxylation is 1. The zero-order chi connectivity index (χ0) is 12.1. The molecule has 1 nitrogen and oxygen atoms in total. The third kappa shape index (κ3) is 3.82. The van der Waals surface area contributed by atoms with E-state index in [4.69, 9.17) is 5.73 Å². The Morgan fingerprint density at radius 1 is 1.06 bits per heavy atom. The molecule has 1 aromatic heterocycles. The second-order valence-electron chi connectivity index (χ2n) is 5.53. The Morgan fingerprint density at radius 3 is 2.24 bits per heavy atom. The van der Waals surface area contributed by atoms with Crippen molar-refractivity contribution in [2.75, 3.05) is 0 Å². The van der Waals surface area contributed by atoms with Crippen LogP contribution in [0.4, 0.5) is 0 Å². The predicted octanol–water partition coefficient (Wildman–Crippen LogP) is 4.29. The number of hydrogen-bond acceptors (Lipinski definition) is 2. The van der Waals surface area contributed by atoms with Crippen LogP contribution in [0.25, 0.3) is 0 Å². The Labute approximate surface area is 109 Å². The lowest BCUT2D eigenvalue weighted by atomic mass is 9.82. The normalized spacial score (nSPS) is 20.8. The van der Waals surface area contributed by atoms with Gasteiger partial charge >= 0.3 is 0 Å². The van der Waals surface area contributed by atoms with Gasteiger partial charge in [-0.2, -0.15) is 0 Å². The van der Waals surface area contributed by atoms with E-state index in [-0.39, 0.29) is 5.54 Å².